The van der Waals surface area contributed by atoms with Crippen molar-refractivity contribution in [3.63, 3.8) is 0 Å². The Bertz CT molecular complexity index is 889. The van der Waals surface area contributed by atoms with Crippen LogP contribution in [-0.4, -0.2) is 47.4 Å². The van der Waals surface area contributed by atoms with Gasteiger partial charge in [0.1, 0.15) is 0 Å². The van der Waals surface area contributed by atoms with Crippen molar-refractivity contribution >= 4 is 11.9 Å². The first-order valence-corrected chi connectivity index (χ1v) is 25.1. The van der Waals surface area contributed by atoms with Crippen LogP contribution in [0.4, 0.5) is 0 Å². The van der Waals surface area contributed by atoms with E-state index < -0.39 is 12.1 Å². The number of hydrogen-bond donors (Lipinski definition) is 3. The number of carbonyl (C=O) groups excluding carboxylic acids is 2. The molecule has 2 unspecified atom stereocenters. The van der Waals surface area contributed by atoms with E-state index in [1.807, 2.05) is 0 Å². The van der Waals surface area contributed by atoms with Crippen LogP contribution in [0.3, 0.4) is 0 Å². The molecule has 0 aliphatic rings. The van der Waals surface area contributed by atoms with E-state index in [0.717, 1.165) is 64.2 Å². The highest BCUT2D eigenvalue weighted by molar-refractivity contribution is 5.76. The van der Waals surface area contributed by atoms with Crippen LogP contribution in [0, 0.1) is 0 Å². The molecule has 0 aliphatic carbocycles. The van der Waals surface area contributed by atoms with E-state index in [-0.39, 0.29) is 18.5 Å². The number of unbranched alkanes of at least 4 members (excludes halogenated alkanes) is 31. The molecule has 0 bridgehead atoms. The second-order valence-electron chi connectivity index (χ2n) is 17.1. The molecule has 6 nitrogen and oxygen atoms in total. The summed E-state index contributed by atoms with van der Waals surface area (Å²) in [5.74, 6) is -0.0740. The van der Waals surface area contributed by atoms with Gasteiger partial charge in [-0.3, -0.25) is 9.59 Å². The van der Waals surface area contributed by atoms with Gasteiger partial charge in [-0.25, -0.2) is 0 Å². The number of amides is 1. The monoisotopic (exact) mass is 804 g/mol. The first kappa shape index (κ1) is 55.3. The van der Waals surface area contributed by atoms with Crippen LogP contribution >= 0.6 is 0 Å². The predicted octanol–water partition coefficient (Wildman–Crippen LogP) is 14.7. The molecular formula is C51H97NO5. The van der Waals surface area contributed by atoms with Crippen molar-refractivity contribution < 1.29 is 24.5 Å². The molecule has 6 heteroatoms. The molecule has 0 aromatic carbocycles. The summed E-state index contributed by atoms with van der Waals surface area (Å²) in [4.78, 5) is 24.4. The Kier molecular flexibility index (Phi) is 45.7. The van der Waals surface area contributed by atoms with Gasteiger partial charge >= 0.3 is 5.97 Å². The van der Waals surface area contributed by atoms with Gasteiger partial charge in [0.05, 0.1) is 25.4 Å². The highest BCUT2D eigenvalue weighted by Crippen LogP contribution is 2.16. The quantitative estimate of drug-likeness (QED) is 0.0324. The van der Waals surface area contributed by atoms with Crippen molar-refractivity contribution in [2.75, 3.05) is 13.2 Å². The van der Waals surface area contributed by atoms with E-state index in [1.54, 1.807) is 0 Å². The third-order valence-corrected chi connectivity index (χ3v) is 11.5. The van der Waals surface area contributed by atoms with Crippen molar-refractivity contribution in [2.45, 2.75) is 276 Å². The summed E-state index contributed by atoms with van der Waals surface area (Å²) in [5.41, 5.74) is 0. The minimum atomic E-state index is -0.674. The fourth-order valence-corrected chi connectivity index (χ4v) is 7.61. The summed E-state index contributed by atoms with van der Waals surface area (Å²) in [5, 5.41) is 23.1. The third kappa shape index (κ3) is 43.7. The summed E-state index contributed by atoms with van der Waals surface area (Å²) in [6.07, 6.45) is 54.3. The lowest BCUT2D eigenvalue weighted by molar-refractivity contribution is -0.143. The minimum absolute atomic E-state index is 0.0179. The van der Waals surface area contributed by atoms with Gasteiger partial charge in [-0.05, 0) is 57.8 Å². The van der Waals surface area contributed by atoms with Crippen molar-refractivity contribution in [3.8, 4) is 0 Å². The number of aliphatic hydroxyl groups is 2. The molecular weight excluding hydrogens is 707 g/mol. The molecule has 1 amide bonds. The molecule has 336 valence electrons. The molecule has 0 saturated heterocycles. The van der Waals surface area contributed by atoms with E-state index in [1.165, 1.54) is 167 Å². The van der Waals surface area contributed by atoms with Crippen LogP contribution in [0.25, 0.3) is 0 Å². The van der Waals surface area contributed by atoms with Crippen LogP contribution < -0.4 is 5.32 Å². The maximum Gasteiger partial charge on any atom is 0.305 e. The first-order chi connectivity index (χ1) is 28.0. The number of aliphatic hydroxyl groups excluding tert-OH is 2. The predicted molar refractivity (Wildman–Crippen MR) is 246 cm³/mol. The van der Waals surface area contributed by atoms with Crippen LogP contribution in [0.15, 0.2) is 24.3 Å². The van der Waals surface area contributed by atoms with Gasteiger partial charge in [-0.1, -0.05) is 218 Å². The van der Waals surface area contributed by atoms with Gasteiger partial charge in [-0.2, -0.15) is 0 Å². The average molecular weight is 804 g/mol. The van der Waals surface area contributed by atoms with Gasteiger partial charge < -0.3 is 20.3 Å². The van der Waals surface area contributed by atoms with Crippen molar-refractivity contribution in [1.82, 2.24) is 5.32 Å². The number of rotatable bonds is 46. The molecule has 0 fully saturated rings. The van der Waals surface area contributed by atoms with Crippen LogP contribution in [0.2, 0.25) is 0 Å². The zero-order chi connectivity index (χ0) is 41.5. The number of esters is 1. The first-order valence-electron chi connectivity index (χ1n) is 25.1. The Labute approximate surface area is 354 Å². The van der Waals surface area contributed by atoms with E-state index in [4.69, 9.17) is 4.74 Å². The largest absolute Gasteiger partial charge is 0.466 e. The molecule has 3 N–H and O–H groups in total. The topological polar surface area (TPSA) is 95.9 Å². The van der Waals surface area contributed by atoms with Crippen molar-refractivity contribution in [2.24, 2.45) is 0 Å². The fraction of sp³-hybridized carbons (Fsp3) is 0.882. The zero-order valence-corrected chi connectivity index (χ0v) is 38.1. The van der Waals surface area contributed by atoms with Gasteiger partial charge in [-0.15, -0.1) is 0 Å². The molecule has 57 heavy (non-hydrogen) atoms. The number of nitrogens with one attached hydrogen (secondary N) is 1. The van der Waals surface area contributed by atoms with Crippen molar-refractivity contribution in [3.05, 3.63) is 24.3 Å². The summed E-state index contributed by atoms with van der Waals surface area (Å²) < 4.78 is 5.46. The van der Waals surface area contributed by atoms with Gasteiger partial charge in [0, 0.05) is 12.8 Å². The van der Waals surface area contributed by atoms with E-state index in [9.17, 15) is 19.8 Å². The SMILES string of the molecule is CCCCC/C=C\C/C=C\CCCCCCCCCCCC(=O)OCCCCCCCCCCCCCC(=O)NC(CO)C(O)CCCCCCCCCCCC. The molecule has 0 rings (SSSR count). The van der Waals surface area contributed by atoms with Gasteiger partial charge in [0.25, 0.3) is 0 Å². The van der Waals surface area contributed by atoms with Gasteiger partial charge in [0.2, 0.25) is 5.91 Å². The molecule has 0 aromatic rings. The summed E-state index contributed by atoms with van der Waals surface area (Å²) in [6, 6.07) is -0.554. The molecule has 0 heterocycles. The Morgan fingerprint density at radius 3 is 1.37 bits per heavy atom. The number of ether oxygens (including phenoxy) is 1. The molecule has 0 radical (unpaired) electrons. The number of hydrogen-bond acceptors (Lipinski definition) is 5. The molecule has 0 aliphatic heterocycles. The maximum absolute atomic E-state index is 12.4. The standard InChI is InChI=1S/C51H97NO5/c1-3-5-7-9-11-13-15-16-17-18-19-20-21-22-25-29-33-37-41-45-51(56)57-46-42-38-34-30-26-23-24-28-32-36-40-44-50(55)52-48(47-53)49(54)43-39-35-31-27-14-12-10-8-6-4-2/h11,13,16-17,48-49,53-54H,3-10,12,14-15,18-47H2,1-2H3,(H,52,55)/b13-11-,17-16-. The molecule has 0 spiro atoms. The van der Waals surface area contributed by atoms with Gasteiger partial charge in [0.15, 0.2) is 0 Å². The zero-order valence-electron chi connectivity index (χ0n) is 38.1. The van der Waals surface area contributed by atoms with Crippen LogP contribution in [0.5, 0.6) is 0 Å². The summed E-state index contributed by atoms with van der Waals surface area (Å²) in [6.45, 7) is 4.87. The third-order valence-electron chi connectivity index (χ3n) is 11.5. The molecule has 2 atom stereocenters. The average Bonchev–Trinajstić information content (AvgIpc) is 3.21. The van der Waals surface area contributed by atoms with Crippen LogP contribution in [-0.2, 0) is 14.3 Å². The lowest BCUT2D eigenvalue weighted by Gasteiger charge is -2.22. The Morgan fingerprint density at radius 1 is 0.491 bits per heavy atom. The number of carbonyl (C=O) groups is 2. The number of allylic oxidation sites excluding steroid dienone is 4. The Morgan fingerprint density at radius 2 is 0.877 bits per heavy atom. The molecule has 0 saturated carbocycles. The lowest BCUT2D eigenvalue weighted by atomic mass is 10.0. The minimum Gasteiger partial charge on any atom is -0.466 e. The second kappa shape index (κ2) is 47.0. The van der Waals surface area contributed by atoms with Crippen LogP contribution in [0.1, 0.15) is 264 Å². The summed E-state index contributed by atoms with van der Waals surface area (Å²) in [7, 11) is 0. The lowest BCUT2D eigenvalue weighted by Crippen LogP contribution is -2.45. The highest BCUT2D eigenvalue weighted by Gasteiger charge is 2.20. The van der Waals surface area contributed by atoms with E-state index in [2.05, 4.69) is 43.5 Å². The van der Waals surface area contributed by atoms with E-state index >= 15 is 0 Å². The van der Waals surface area contributed by atoms with E-state index in [0.29, 0.717) is 25.9 Å². The Hall–Kier alpha value is -1.66. The molecule has 0 aromatic heterocycles. The summed E-state index contributed by atoms with van der Waals surface area (Å²) >= 11 is 0. The fourth-order valence-electron chi connectivity index (χ4n) is 7.61. The normalized spacial score (nSPS) is 12.8. The second-order valence-corrected chi connectivity index (χ2v) is 17.1. The smallest absolute Gasteiger partial charge is 0.305 e. The highest BCUT2D eigenvalue weighted by atomic mass is 16.5. The maximum atomic E-state index is 12.4. The Balaban J connectivity index is 3.44. The van der Waals surface area contributed by atoms with Crippen molar-refractivity contribution in [1.29, 1.82) is 0 Å².